The number of nitrogens with two attached hydrogens (primary N) is 1. The maximum Gasteiger partial charge on any atom is 0.212 e. The van der Waals surface area contributed by atoms with E-state index in [1.54, 1.807) is 0 Å². The molecule has 0 saturated carbocycles. The summed E-state index contributed by atoms with van der Waals surface area (Å²) in [4.78, 5) is 0. The fourth-order valence-corrected chi connectivity index (χ4v) is 1.20. The Balaban J connectivity index is 2.66. The van der Waals surface area contributed by atoms with Crippen molar-refractivity contribution in [1.82, 2.24) is 0 Å². The van der Waals surface area contributed by atoms with Crippen molar-refractivity contribution in [2.24, 2.45) is 5.14 Å². The van der Waals surface area contributed by atoms with Gasteiger partial charge < -0.3 is 4.74 Å². The van der Waals surface area contributed by atoms with Crippen LogP contribution in [0.5, 0.6) is 5.75 Å². The smallest absolute Gasteiger partial charge is 0.212 e. The normalized spacial score (nSPS) is 11.4. The predicted octanol–water partition coefficient (Wildman–Crippen LogP) is 0.632. The molecule has 0 unspecified atom stereocenters. The molecule has 1 aromatic carbocycles. The predicted molar refractivity (Wildman–Crippen MR) is 49.8 cm³/mol. The summed E-state index contributed by atoms with van der Waals surface area (Å²) in [6.07, 6.45) is 0. The number of hydrogen-bond donors (Lipinski definition) is 1. The van der Waals surface area contributed by atoms with Crippen molar-refractivity contribution in [3.8, 4) is 5.75 Å². The number of rotatable bonds is 4. The minimum Gasteiger partial charge on any atom is -0.486 e. The van der Waals surface area contributed by atoms with Gasteiger partial charge in [0.15, 0.2) is 17.4 Å². The van der Waals surface area contributed by atoms with E-state index >= 15 is 0 Å². The van der Waals surface area contributed by atoms with Gasteiger partial charge in [-0.1, -0.05) is 6.07 Å². The lowest BCUT2D eigenvalue weighted by atomic mass is 10.3. The minimum atomic E-state index is -3.69. The zero-order valence-corrected chi connectivity index (χ0v) is 8.43. The highest BCUT2D eigenvalue weighted by Crippen LogP contribution is 2.20. The van der Waals surface area contributed by atoms with Gasteiger partial charge in [0.1, 0.15) is 6.61 Å². The van der Waals surface area contributed by atoms with E-state index in [2.05, 4.69) is 9.88 Å². The van der Waals surface area contributed by atoms with E-state index in [9.17, 15) is 17.2 Å². The topological polar surface area (TPSA) is 69.4 Å². The van der Waals surface area contributed by atoms with E-state index in [0.717, 1.165) is 12.1 Å². The van der Waals surface area contributed by atoms with Gasteiger partial charge in [-0.15, -0.1) is 0 Å². The first kappa shape index (κ1) is 11.9. The van der Waals surface area contributed by atoms with Crippen LogP contribution in [0, 0.1) is 11.6 Å². The summed E-state index contributed by atoms with van der Waals surface area (Å²) in [5, 5.41) is 4.68. The molecule has 84 valence electrons. The molecular formula is C8H9F2NO3S. The first-order chi connectivity index (χ1) is 6.90. The van der Waals surface area contributed by atoms with E-state index in [1.807, 2.05) is 0 Å². The molecule has 15 heavy (non-hydrogen) atoms. The molecule has 0 bridgehead atoms. The van der Waals surface area contributed by atoms with E-state index in [1.165, 1.54) is 6.07 Å². The zero-order chi connectivity index (χ0) is 11.5. The molecular weight excluding hydrogens is 228 g/mol. The third kappa shape index (κ3) is 3.80. The van der Waals surface area contributed by atoms with E-state index in [-0.39, 0.29) is 0 Å². The number of ether oxygens (including phenoxy) is 1. The van der Waals surface area contributed by atoms with Gasteiger partial charge in [0, 0.05) is 0 Å². The van der Waals surface area contributed by atoms with E-state index in [4.69, 9.17) is 0 Å². The van der Waals surface area contributed by atoms with Crippen LogP contribution in [0.3, 0.4) is 0 Å². The van der Waals surface area contributed by atoms with Gasteiger partial charge in [-0.25, -0.2) is 22.3 Å². The molecule has 7 heteroatoms. The lowest BCUT2D eigenvalue weighted by Gasteiger charge is -2.06. The summed E-state index contributed by atoms with van der Waals surface area (Å²) in [7, 11) is -3.69. The molecule has 0 saturated heterocycles. The van der Waals surface area contributed by atoms with Crippen LogP contribution in [0.2, 0.25) is 0 Å². The molecule has 0 aliphatic rings. The molecule has 4 nitrogen and oxygen atoms in total. The van der Waals surface area contributed by atoms with E-state index in [0.29, 0.717) is 0 Å². The largest absolute Gasteiger partial charge is 0.486 e. The minimum absolute atomic E-state index is 0.392. The standard InChI is InChI=1S/C8H9F2NO3S/c9-6-2-1-3-7(10)8(6)14-4-5-15(11,12)13/h1-3H,4-5H2,(H2,11,12,13). The van der Waals surface area contributed by atoms with Crippen molar-refractivity contribution in [3.05, 3.63) is 29.8 Å². The molecule has 1 rings (SSSR count). The summed E-state index contributed by atoms with van der Waals surface area (Å²) in [5.74, 6) is -2.86. The Morgan fingerprint density at radius 1 is 1.27 bits per heavy atom. The van der Waals surface area contributed by atoms with Crippen LogP contribution >= 0.6 is 0 Å². The van der Waals surface area contributed by atoms with Crippen molar-refractivity contribution in [3.63, 3.8) is 0 Å². The number of primary sulfonamides is 1. The number of halogens is 2. The van der Waals surface area contributed by atoms with Crippen LogP contribution in [0.15, 0.2) is 18.2 Å². The van der Waals surface area contributed by atoms with Crippen LogP contribution in [0.4, 0.5) is 8.78 Å². The lowest BCUT2D eigenvalue weighted by molar-refractivity contribution is 0.303. The second-order valence-electron chi connectivity index (χ2n) is 2.77. The number of sulfonamides is 1. The number of hydrogen-bond acceptors (Lipinski definition) is 3. The van der Waals surface area contributed by atoms with Crippen molar-refractivity contribution in [2.45, 2.75) is 0 Å². The van der Waals surface area contributed by atoms with Crippen molar-refractivity contribution in [2.75, 3.05) is 12.4 Å². The molecule has 0 radical (unpaired) electrons. The van der Waals surface area contributed by atoms with Crippen LogP contribution in [0.25, 0.3) is 0 Å². The molecule has 0 fully saturated rings. The molecule has 0 aromatic heterocycles. The fraction of sp³-hybridized carbons (Fsp3) is 0.250. The van der Waals surface area contributed by atoms with Gasteiger partial charge in [0.05, 0.1) is 5.75 Å². The summed E-state index contributed by atoms with van der Waals surface area (Å²) in [5.41, 5.74) is 0. The summed E-state index contributed by atoms with van der Waals surface area (Å²) < 4.78 is 51.5. The zero-order valence-electron chi connectivity index (χ0n) is 7.61. The third-order valence-electron chi connectivity index (χ3n) is 1.53. The summed E-state index contributed by atoms with van der Waals surface area (Å²) in [6, 6.07) is 3.20. The fourth-order valence-electron chi connectivity index (χ4n) is 0.880. The van der Waals surface area contributed by atoms with Gasteiger partial charge in [0.25, 0.3) is 0 Å². The lowest BCUT2D eigenvalue weighted by Crippen LogP contribution is -2.21. The van der Waals surface area contributed by atoms with Crippen molar-refractivity contribution in [1.29, 1.82) is 0 Å². The molecule has 0 atom stereocenters. The Bertz CT molecular complexity index is 427. The van der Waals surface area contributed by atoms with Crippen LogP contribution in [-0.2, 0) is 10.0 Å². The quantitative estimate of drug-likeness (QED) is 0.835. The highest BCUT2D eigenvalue weighted by Gasteiger charge is 2.10. The molecule has 1 aromatic rings. The van der Waals surface area contributed by atoms with Gasteiger partial charge in [-0.2, -0.15) is 0 Å². The molecule has 0 aliphatic carbocycles. The SMILES string of the molecule is NS(=O)(=O)CCOc1c(F)cccc1F. The first-order valence-corrected chi connectivity index (χ1v) is 5.69. The Hall–Kier alpha value is -1.21. The Labute approximate surface area is 85.7 Å². The summed E-state index contributed by atoms with van der Waals surface area (Å²) >= 11 is 0. The van der Waals surface area contributed by atoms with E-state index < -0.39 is 39.8 Å². The Kier molecular flexibility index (Phi) is 3.59. The van der Waals surface area contributed by atoms with Gasteiger partial charge in [0.2, 0.25) is 10.0 Å². The van der Waals surface area contributed by atoms with Crippen molar-refractivity contribution >= 4 is 10.0 Å². The average molecular weight is 237 g/mol. The second kappa shape index (κ2) is 4.54. The number of para-hydroxylation sites is 1. The maximum absolute atomic E-state index is 12.9. The third-order valence-corrected chi connectivity index (χ3v) is 2.27. The van der Waals surface area contributed by atoms with Crippen LogP contribution in [-0.4, -0.2) is 20.8 Å². The highest BCUT2D eigenvalue weighted by atomic mass is 32.2. The molecule has 2 N–H and O–H groups in total. The van der Waals surface area contributed by atoms with Crippen molar-refractivity contribution < 1.29 is 21.9 Å². The van der Waals surface area contributed by atoms with Gasteiger partial charge in [-0.05, 0) is 12.1 Å². The highest BCUT2D eigenvalue weighted by molar-refractivity contribution is 7.89. The Morgan fingerprint density at radius 2 is 1.80 bits per heavy atom. The monoisotopic (exact) mass is 237 g/mol. The van der Waals surface area contributed by atoms with Crippen LogP contribution < -0.4 is 9.88 Å². The molecule has 0 amide bonds. The van der Waals surface area contributed by atoms with Crippen LogP contribution in [0.1, 0.15) is 0 Å². The first-order valence-electron chi connectivity index (χ1n) is 3.97. The van der Waals surface area contributed by atoms with Gasteiger partial charge >= 0.3 is 0 Å². The molecule has 0 spiro atoms. The molecule has 0 heterocycles. The maximum atomic E-state index is 12.9. The summed E-state index contributed by atoms with van der Waals surface area (Å²) in [6.45, 7) is -0.392. The Morgan fingerprint density at radius 3 is 2.27 bits per heavy atom. The molecule has 0 aliphatic heterocycles. The number of benzene rings is 1. The average Bonchev–Trinajstić information content (AvgIpc) is 2.08. The second-order valence-corrected chi connectivity index (χ2v) is 4.50. The van der Waals surface area contributed by atoms with Gasteiger partial charge in [-0.3, -0.25) is 0 Å².